The second kappa shape index (κ2) is 3.73. The molecule has 1 aromatic heterocycles. The second-order valence-electron chi connectivity index (χ2n) is 3.98. The Morgan fingerprint density at radius 1 is 1.57 bits per heavy atom. The summed E-state index contributed by atoms with van der Waals surface area (Å²) in [5.74, 6) is 0.863. The minimum absolute atomic E-state index is 0.605. The van der Waals surface area contributed by atoms with Crippen LogP contribution >= 0.6 is 11.3 Å². The quantitative estimate of drug-likeness (QED) is 0.711. The van der Waals surface area contributed by atoms with Gasteiger partial charge in [-0.05, 0) is 37.8 Å². The van der Waals surface area contributed by atoms with Crippen LogP contribution in [0.2, 0.25) is 0 Å². The van der Waals surface area contributed by atoms with Crippen molar-refractivity contribution in [2.24, 2.45) is 5.92 Å². The molecule has 14 heavy (non-hydrogen) atoms. The molecule has 0 saturated heterocycles. The van der Waals surface area contributed by atoms with Crippen LogP contribution in [0, 0.1) is 5.92 Å². The van der Waals surface area contributed by atoms with E-state index in [0.29, 0.717) is 6.04 Å². The Labute approximate surface area is 88.5 Å². The van der Waals surface area contributed by atoms with Crippen LogP contribution in [-0.2, 0) is 0 Å². The summed E-state index contributed by atoms with van der Waals surface area (Å²) in [7, 11) is 2.11. The molecule has 3 heteroatoms. The zero-order chi connectivity index (χ0) is 10.1. The van der Waals surface area contributed by atoms with Crippen LogP contribution in [0.4, 0.5) is 5.00 Å². The molecule has 1 aromatic rings. The fourth-order valence-electron chi connectivity index (χ4n) is 1.69. The molecule has 1 aliphatic rings. The lowest BCUT2D eigenvalue weighted by Crippen LogP contribution is -2.29. The highest BCUT2D eigenvalue weighted by molar-refractivity contribution is 7.17. The van der Waals surface area contributed by atoms with Gasteiger partial charge in [-0.2, -0.15) is 0 Å². The van der Waals surface area contributed by atoms with Gasteiger partial charge in [-0.3, -0.25) is 4.79 Å². The molecule has 0 N–H and O–H groups in total. The third-order valence-electron chi connectivity index (χ3n) is 2.99. The van der Waals surface area contributed by atoms with Crippen molar-refractivity contribution in [3.05, 3.63) is 17.0 Å². The fraction of sp³-hybridized carbons (Fsp3) is 0.545. The standard InChI is InChI=1S/C11H15NOS/c1-8(9-3-4-9)12(2)11-6-5-10(7-13)14-11/h5-9H,3-4H2,1-2H3. The van der Waals surface area contributed by atoms with Gasteiger partial charge in [0.05, 0.1) is 9.88 Å². The Morgan fingerprint density at radius 2 is 2.29 bits per heavy atom. The molecule has 1 saturated carbocycles. The van der Waals surface area contributed by atoms with Crippen LogP contribution in [0.3, 0.4) is 0 Å². The average Bonchev–Trinajstić information content (AvgIpc) is 2.94. The maximum absolute atomic E-state index is 10.6. The van der Waals surface area contributed by atoms with Crippen molar-refractivity contribution < 1.29 is 4.79 Å². The third-order valence-corrected chi connectivity index (χ3v) is 4.09. The summed E-state index contributed by atoms with van der Waals surface area (Å²) in [5, 5.41) is 1.20. The molecule has 76 valence electrons. The number of carbonyl (C=O) groups excluding carboxylic acids is 1. The summed E-state index contributed by atoms with van der Waals surface area (Å²) < 4.78 is 0. The van der Waals surface area contributed by atoms with E-state index in [1.807, 2.05) is 12.1 Å². The molecule has 2 nitrogen and oxygen atoms in total. The number of nitrogens with zero attached hydrogens (tertiary/aromatic N) is 1. The van der Waals surface area contributed by atoms with Crippen molar-refractivity contribution >= 4 is 22.6 Å². The van der Waals surface area contributed by atoms with Gasteiger partial charge in [-0.15, -0.1) is 11.3 Å². The number of hydrogen-bond acceptors (Lipinski definition) is 3. The van der Waals surface area contributed by atoms with Crippen LogP contribution in [0.25, 0.3) is 0 Å². The lowest BCUT2D eigenvalue weighted by molar-refractivity contribution is 0.112. The van der Waals surface area contributed by atoms with E-state index >= 15 is 0 Å². The van der Waals surface area contributed by atoms with E-state index in [-0.39, 0.29) is 0 Å². The fourth-order valence-corrected chi connectivity index (χ4v) is 2.56. The first kappa shape index (κ1) is 9.71. The van der Waals surface area contributed by atoms with Crippen molar-refractivity contribution in [3.63, 3.8) is 0 Å². The van der Waals surface area contributed by atoms with Gasteiger partial charge in [0.25, 0.3) is 0 Å². The van der Waals surface area contributed by atoms with Gasteiger partial charge in [0, 0.05) is 13.1 Å². The van der Waals surface area contributed by atoms with Gasteiger partial charge in [-0.1, -0.05) is 0 Å². The predicted molar refractivity (Wildman–Crippen MR) is 60.3 cm³/mol. The van der Waals surface area contributed by atoms with E-state index in [9.17, 15) is 4.79 Å². The predicted octanol–water partition coefficient (Wildman–Crippen LogP) is 2.80. The van der Waals surface area contributed by atoms with Crippen LogP contribution in [0.1, 0.15) is 29.4 Å². The molecule has 1 unspecified atom stereocenters. The molecule has 1 aliphatic carbocycles. The largest absolute Gasteiger partial charge is 0.364 e. The van der Waals surface area contributed by atoms with E-state index in [1.54, 1.807) is 11.3 Å². The average molecular weight is 209 g/mol. The summed E-state index contributed by atoms with van der Waals surface area (Å²) in [5.41, 5.74) is 0. The number of anilines is 1. The Balaban J connectivity index is 2.08. The summed E-state index contributed by atoms with van der Waals surface area (Å²) in [6.07, 6.45) is 3.64. The van der Waals surface area contributed by atoms with Crippen molar-refractivity contribution in [1.29, 1.82) is 0 Å². The van der Waals surface area contributed by atoms with Gasteiger partial charge in [0.15, 0.2) is 6.29 Å². The maximum atomic E-state index is 10.6. The first-order chi connectivity index (χ1) is 6.72. The van der Waals surface area contributed by atoms with Crippen molar-refractivity contribution in [1.82, 2.24) is 0 Å². The molecule has 1 heterocycles. The molecular weight excluding hydrogens is 194 g/mol. The minimum atomic E-state index is 0.605. The Morgan fingerprint density at radius 3 is 2.79 bits per heavy atom. The van der Waals surface area contributed by atoms with Crippen LogP contribution in [0.15, 0.2) is 12.1 Å². The Kier molecular flexibility index (Phi) is 2.59. The van der Waals surface area contributed by atoms with E-state index in [4.69, 9.17) is 0 Å². The first-order valence-electron chi connectivity index (χ1n) is 5.00. The van der Waals surface area contributed by atoms with E-state index in [2.05, 4.69) is 18.9 Å². The zero-order valence-electron chi connectivity index (χ0n) is 8.56. The highest BCUT2D eigenvalue weighted by atomic mass is 32.1. The summed E-state index contributed by atoms with van der Waals surface area (Å²) in [6.45, 7) is 2.26. The minimum Gasteiger partial charge on any atom is -0.364 e. The van der Waals surface area contributed by atoms with Gasteiger partial charge in [0.1, 0.15) is 0 Å². The monoisotopic (exact) mass is 209 g/mol. The summed E-state index contributed by atoms with van der Waals surface area (Å²) in [6, 6.07) is 4.53. The maximum Gasteiger partial charge on any atom is 0.160 e. The number of hydrogen-bond donors (Lipinski definition) is 0. The van der Waals surface area contributed by atoms with E-state index in [0.717, 1.165) is 17.1 Å². The van der Waals surface area contributed by atoms with Crippen molar-refractivity contribution in [2.45, 2.75) is 25.8 Å². The topological polar surface area (TPSA) is 20.3 Å². The highest BCUT2D eigenvalue weighted by Crippen LogP contribution is 2.37. The zero-order valence-corrected chi connectivity index (χ0v) is 9.38. The van der Waals surface area contributed by atoms with E-state index in [1.165, 1.54) is 17.8 Å². The number of rotatable bonds is 4. The molecule has 1 atom stereocenters. The van der Waals surface area contributed by atoms with Crippen LogP contribution < -0.4 is 4.90 Å². The molecule has 0 amide bonds. The van der Waals surface area contributed by atoms with Crippen molar-refractivity contribution in [3.8, 4) is 0 Å². The first-order valence-corrected chi connectivity index (χ1v) is 5.82. The normalized spacial score (nSPS) is 17.9. The Hall–Kier alpha value is -0.830. The highest BCUT2D eigenvalue weighted by Gasteiger charge is 2.30. The Bertz CT molecular complexity index is 330. The number of carbonyl (C=O) groups is 1. The van der Waals surface area contributed by atoms with Gasteiger partial charge in [-0.25, -0.2) is 0 Å². The SMILES string of the molecule is CC(C1CC1)N(C)c1ccc(C=O)s1. The van der Waals surface area contributed by atoms with Crippen LogP contribution in [-0.4, -0.2) is 19.4 Å². The second-order valence-corrected chi connectivity index (χ2v) is 5.08. The van der Waals surface area contributed by atoms with Gasteiger partial charge in [0.2, 0.25) is 0 Å². The molecule has 2 rings (SSSR count). The molecule has 0 aromatic carbocycles. The van der Waals surface area contributed by atoms with Gasteiger partial charge >= 0.3 is 0 Å². The number of aldehydes is 1. The third kappa shape index (κ3) is 1.82. The summed E-state index contributed by atoms with van der Waals surface area (Å²) >= 11 is 1.57. The molecular formula is C11H15NOS. The summed E-state index contributed by atoms with van der Waals surface area (Å²) in [4.78, 5) is 13.7. The molecule has 0 aliphatic heterocycles. The molecule has 0 bridgehead atoms. The van der Waals surface area contributed by atoms with Gasteiger partial charge < -0.3 is 4.90 Å². The molecule has 0 radical (unpaired) electrons. The smallest absolute Gasteiger partial charge is 0.160 e. The lowest BCUT2D eigenvalue weighted by Gasteiger charge is -2.25. The number of thiophene rings is 1. The lowest BCUT2D eigenvalue weighted by atomic mass is 10.2. The molecule has 1 fully saturated rings. The molecule has 0 spiro atoms. The van der Waals surface area contributed by atoms with Crippen molar-refractivity contribution in [2.75, 3.05) is 11.9 Å². The van der Waals surface area contributed by atoms with E-state index < -0.39 is 0 Å². The van der Waals surface area contributed by atoms with Crippen LogP contribution in [0.5, 0.6) is 0 Å².